The molecule has 6 nitrogen and oxygen atoms in total. The molecule has 0 saturated carbocycles. The van der Waals surface area contributed by atoms with E-state index in [0.29, 0.717) is 35.8 Å². The van der Waals surface area contributed by atoms with Crippen LogP contribution in [0.1, 0.15) is 39.8 Å². The lowest BCUT2D eigenvalue weighted by molar-refractivity contribution is -0.149. The zero-order chi connectivity index (χ0) is 19.2. The van der Waals surface area contributed by atoms with E-state index >= 15 is 0 Å². The maximum absolute atomic E-state index is 13.0. The molecule has 0 radical (unpaired) electrons. The Balaban J connectivity index is 1.75. The Hall–Kier alpha value is -2.67. The molecule has 1 aromatic carbocycles. The molecule has 0 spiro atoms. The predicted octanol–water partition coefficient (Wildman–Crippen LogP) is 3.42. The molecule has 0 aliphatic carbocycles. The lowest BCUT2D eigenvalue weighted by atomic mass is 9.97. The Morgan fingerprint density at radius 2 is 2.04 bits per heavy atom. The fourth-order valence-corrected chi connectivity index (χ4v) is 3.77. The van der Waals surface area contributed by atoms with Crippen LogP contribution in [0.5, 0.6) is 0 Å². The molecule has 1 saturated heterocycles. The Morgan fingerprint density at radius 3 is 2.78 bits per heavy atom. The first-order valence-electron chi connectivity index (χ1n) is 9.00. The number of rotatable bonds is 5. The second kappa shape index (κ2) is 8.81. The first-order chi connectivity index (χ1) is 13.1. The summed E-state index contributed by atoms with van der Waals surface area (Å²) >= 11 is 1.34. The molecule has 1 aliphatic rings. The number of carbonyl (C=O) groups is 3. The Labute approximate surface area is 162 Å². The number of likely N-dealkylation sites (tertiary alicyclic amines) is 1. The summed E-state index contributed by atoms with van der Waals surface area (Å²) in [5.74, 6) is -0.982. The van der Waals surface area contributed by atoms with Crippen LogP contribution in [-0.4, -0.2) is 42.4 Å². The first-order valence-corrected chi connectivity index (χ1v) is 9.88. The van der Waals surface area contributed by atoms with Gasteiger partial charge < -0.3 is 15.0 Å². The minimum atomic E-state index is -0.296. The number of hydrogen-bond donors (Lipinski definition) is 1. The molecule has 1 aromatic heterocycles. The second-order valence-corrected chi connectivity index (χ2v) is 7.27. The van der Waals surface area contributed by atoms with Crippen LogP contribution < -0.4 is 5.32 Å². The number of nitrogens with zero attached hydrogens (tertiary/aromatic N) is 1. The number of anilines is 1. The van der Waals surface area contributed by atoms with Crippen LogP contribution in [0, 0.1) is 5.92 Å². The zero-order valence-corrected chi connectivity index (χ0v) is 16.0. The summed E-state index contributed by atoms with van der Waals surface area (Å²) in [7, 11) is 0. The summed E-state index contributed by atoms with van der Waals surface area (Å²) in [6.07, 6.45) is 1.47. The van der Waals surface area contributed by atoms with Crippen molar-refractivity contribution in [3.63, 3.8) is 0 Å². The number of benzene rings is 1. The molecule has 1 unspecified atom stereocenters. The van der Waals surface area contributed by atoms with E-state index in [-0.39, 0.29) is 23.7 Å². The number of hydrogen-bond acceptors (Lipinski definition) is 5. The van der Waals surface area contributed by atoms with Gasteiger partial charge in [0.2, 0.25) is 0 Å². The molecular weight excluding hydrogens is 364 g/mol. The maximum Gasteiger partial charge on any atom is 0.310 e. The van der Waals surface area contributed by atoms with Gasteiger partial charge in [-0.1, -0.05) is 18.2 Å². The van der Waals surface area contributed by atoms with Crippen molar-refractivity contribution < 1.29 is 19.1 Å². The van der Waals surface area contributed by atoms with Crippen molar-refractivity contribution in [1.29, 1.82) is 0 Å². The Bertz CT molecular complexity index is 819. The summed E-state index contributed by atoms with van der Waals surface area (Å²) in [4.78, 5) is 39.7. The van der Waals surface area contributed by atoms with Crippen LogP contribution in [0.15, 0.2) is 41.8 Å². The fourth-order valence-electron chi connectivity index (χ4n) is 3.15. The van der Waals surface area contributed by atoms with Crippen LogP contribution >= 0.6 is 11.3 Å². The smallest absolute Gasteiger partial charge is 0.310 e. The van der Waals surface area contributed by atoms with Gasteiger partial charge in [-0.15, -0.1) is 11.3 Å². The molecule has 27 heavy (non-hydrogen) atoms. The van der Waals surface area contributed by atoms with Crippen molar-refractivity contribution in [2.45, 2.75) is 19.8 Å². The van der Waals surface area contributed by atoms with Gasteiger partial charge in [0.1, 0.15) is 0 Å². The van der Waals surface area contributed by atoms with Crippen molar-refractivity contribution in [2.24, 2.45) is 5.92 Å². The average Bonchev–Trinajstić information content (AvgIpc) is 3.23. The van der Waals surface area contributed by atoms with Crippen molar-refractivity contribution >= 4 is 34.8 Å². The van der Waals surface area contributed by atoms with Gasteiger partial charge in [-0.3, -0.25) is 14.4 Å². The molecule has 7 heteroatoms. The number of esters is 1. The van der Waals surface area contributed by atoms with E-state index in [1.54, 1.807) is 48.2 Å². The molecular formula is C20H22N2O4S. The van der Waals surface area contributed by atoms with E-state index in [4.69, 9.17) is 4.74 Å². The summed E-state index contributed by atoms with van der Waals surface area (Å²) in [5, 5.41) is 4.65. The maximum atomic E-state index is 13.0. The average molecular weight is 386 g/mol. The Kier molecular flexibility index (Phi) is 6.24. The molecule has 1 aliphatic heterocycles. The number of carbonyl (C=O) groups excluding carboxylic acids is 3. The molecule has 3 rings (SSSR count). The third kappa shape index (κ3) is 4.54. The van der Waals surface area contributed by atoms with Gasteiger partial charge in [-0.25, -0.2) is 0 Å². The molecule has 1 atom stereocenters. The van der Waals surface area contributed by atoms with Gasteiger partial charge in [0.25, 0.3) is 11.8 Å². The van der Waals surface area contributed by atoms with Gasteiger partial charge in [0.05, 0.1) is 28.7 Å². The van der Waals surface area contributed by atoms with E-state index < -0.39 is 0 Å². The van der Waals surface area contributed by atoms with Crippen LogP contribution in [0.25, 0.3) is 0 Å². The number of para-hydroxylation sites is 1. The van der Waals surface area contributed by atoms with Gasteiger partial charge in [-0.05, 0) is 43.3 Å². The number of nitrogens with one attached hydrogen (secondary N) is 1. The molecule has 0 bridgehead atoms. The van der Waals surface area contributed by atoms with E-state index in [1.165, 1.54) is 11.3 Å². The van der Waals surface area contributed by atoms with Gasteiger partial charge in [0.15, 0.2) is 0 Å². The fraction of sp³-hybridized carbons (Fsp3) is 0.350. The molecule has 2 heterocycles. The van der Waals surface area contributed by atoms with Gasteiger partial charge in [-0.2, -0.15) is 0 Å². The molecule has 2 aromatic rings. The number of amides is 2. The summed E-state index contributed by atoms with van der Waals surface area (Å²) < 4.78 is 5.10. The van der Waals surface area contributed by atoms with Crippen LogP contribution in [0.4, 0.5) is 5.69 Å². The van der Waals surface area contributed by atoms with E-state index in [0.717, 1.165) is 12.8 Å². The minimum Gasteiger partial charge on any atom is -0.466 e. The van der Waals surface area contributed by atoms with Gasteiger partial charge in [0, 0.05) is 13.1 Å². The zero-order valence-electron chi connectivity index (χ0n) is 15.1. The highest BCUT2D eigenvalue weighted by Crippen LogP contribution is 2.24. The molecule has 1 fully saturated rings. The Morgan fingerprint density at radius 1 is 1.22 bits per heavy atom. The van der Waals surface area contributed by atoms with Crippen molar-refractivity contribution in [1.82, 2.24) is 4.90 Å². The number of thiophene rings is 1. The first kappa shape index (κ1) is 19.1. The highest BCUT2D eigenvalue weighted by molar-refractivity contribution is 7.12. The largest absolute Gasteiger partial charge is 0.466 e. The van der Waals surface area contributed by atoms with E-state index in [1.807, 2.05) is 5.38 Å². The lowest BCUT2D eigenvalue weighted by Gasteiger charge is -2.32. The topological polar surface area (TPSA) is 75.7 Å². The molecule has 2 amide bonds. The summed E-state index contributed by atoms with van der Waals surface area (Å²) in [6, 6.07) is 10.5. The minimum absolute atomic E-state index is 0.189. The highest BCUT2D eigenvalue weighted by atomic mass is 32.1. The third-order valence-electron chi connectivity index (χ3n) is 4.48. The monoisotopic (exact) mass is 386 g/mol. The quantitative estimate of drug-likeness (QED) is 0.799. The number of piperidine rings is 1. The van der Waals surface area contributed by atoms with Crippen LogP contribution in [0.2, 0.25) is 0 Å². The normalized spacial score (nSPS) is 16.6. The summed E-state index contributed by atoms with van der Waals surface area (Å²) in [6.45, 7) is 3.03. The molecule has 1 N–H and O–H groups in total. The highest BCUT2D eigenvalue weighted by Gasteiger charge is 2.30. The second-order valence-electron chi connectivity index (χ2n) is 6.32. The van der Waals surface area contributed by atoms with Crippen LogP contribution in [0.3, 0.4) is 0 Å². The SMILES string of the molecule is CCOC(=O)C1CCCN(C(=O)c2ccccc2NC(=O)c2cccs2)C1. The predicted molar refractivity (Wildman–Crippen MR) is 104 cm³/mol. The standard InChI is InChI=1S/C20H22N2O4S/c1-2-26-20(25)14-7-5-11-22(13-14)19(24)15-8-3-4-9-16(15)21-18(23)17-10-6-12-27-17/h3-4,6,8-10,12,14H,2,5,7,11,13H2,1H3,(H,21,23). The van der Waals surface area contributed by atoms with Crippen LogP contribution in [-0.2, 0) is 9.53 Å². The van der Waals surface area contributed by atoms with Gasteiger partial charge >= 0.3 is 5.97 Å². The van der Waals surface area contributed by atoms with Crippen molar-refractivity contribution in [3.8, 4) is 0 Å². The van der Waals surface area contributed by atoms with Crippen molar-refractivity contribution in [2.75, 3.05) is 25.0 Å². The van der Waals surface area contributed by atoms with E-state index in [9.17, 15) is 14.4 Å². The lowest BCUT2D eigenvalue weighted by Crippen LogP contribution is -2.43. The summed E-state index contributed by atoms with van der Waals surface area (Å²) in [5.41, 5.74) is 0.895. The molecule has 142 valence electrons. The number of ether oxygens (including phenoxy) is 1. The van der Waals surface area contributed by atoms with E-state index in [2.05, 4.69) is 5.32 Å². The van der Waals surface area contributed by atoms with Crippen molar-refractivity contribution in [3.05, 3.63) is 52.2 Å². The third-order valence-corrected chi connectivity index (χ3v) is 5.35.